The van der Waals surface area contributed by atoms with Gasteiger partial charge in [-0.05, 0) is 44.2 Å². The summed E-state index contributed by atoms with van der Waals surface area (Å²) in [5.41, 5.74) is 2.55. The Morgan fingerprint density at radius 2 is 2.08 bits per heavy atom. The molecular formula is C10H14ClN. The summed E-state index contributed by atoms with van der Waals surface area (Å²) in [5.74, 6) is 0. The molecule has 66 valence electrons. The van der Waals surface area contributed by atoms with Crippen LogP contribution in [0, 0.1) is 6.92 Å². The van der Waals surface area contributed by atoms with Gasteiger partial charge in [0.05, 0.1) is 0 Å². The van der Waals surface area contributed by atoms with Crippen molar-refractivity contribution in [3.05, 3.63) is 34.3 Å². The van der Waals surface area contributed by atoms with Crippen molar-refractivity contribution in [2.75, 3.05) is 7.05 Å². The van der Waals surface area contributed by atoms with Crippen LogP contribution in [0.4, 0.5) is 0 Å². The molecule has 0 aliphatic rings. The van der Waals surface area contributed by atoms with Gasteiger partial charge in [-0.1, -0.05) is 17.7 Å². The van der Waals surface area contributed by atoms with Crippen LogP contribution in [-0.2, 0) is 0 Å². The third-order valence-corrected chi connectivity index (χ3v) is 2.38. The van der Waals surface area contributed by atoms with Gasteiger partial charge in [-0.3, -0.25) is 0 Å². The molecule has 0 bridgehead atoms. The fraction of sp³-hybridized carbons (Fsp3) is 0.400. The van der Waals surface area contributed by atoms with E-state index in [2.05, 4.69) is 19.2 Å². The van der Waals surface area contributed by atoms with Gasteiger partial charge in [0.15, 0.2) is 0 Å². The Morgan fingerprint density at radius 3 is 2.67 bits per heavy atom. The van der Waals surface area contributed by atoms with E-state index in [0.717, 1.165) is 5.02 Å². The zero-order chi connectivity index (χ0) is 9.14. The summed E-state index contributed by atoms with van der Waals surface area (Å²) in [6.45, 7) is 4.22. The Hall–Kier alpha value is -0.530. The monoisotopic (exact) mass is 183 g/mol. The van der Waals surface area contributed by atoms with Gasteiger partial charge in [0.2, 0.25) is 0 Å². The molecule has 0 aliphatic heterocycles. The minimum absolute atomic E-state index is 0.365. The van der Waals surface area contributed by atoms with Crippen molar-refractivity contribution >= 4 is 11.6 Å². The summed E-state index contributed by atoms with van der Waals surface area (Å²) in [7, 11) is 1.95. The van der Waals surface area contributed by atoms with Crippen LogP contribution in [0.25, 0.3) is 0 Å². The van der Waals surface area contributed by atoms with Crippen molar-refractivity contribution in [3.63, 3.8) is 0 Å². The van der Waals surface area contributed by atoms with Crippen molar-refractivity contribution in [1.82, 2.24) is 5.32 Å². The molecule has 1 aromatic rings. The molecule has 0 radical (unpaired) electrons. The Balaban J connectivity index is 3.04. The first-order valence-electron chi connectivity index (χ1n) is 4.08. The molecule has 1 nitrogen and oxygen atoms in total. The van der Waals surface area contributed by atoms with Crippen LogP contribution in [-0.4, -0.2) is 7.05 Å². The molecule has 1 N–H and O–H groups in total. The van der Waals surface area contributed by atoms with Gasteiger partial charge in [-0.15, -0.1) is 0 Å². The highest BCUT2D eigenvalue weighted by Crippen LogP contribution is 2.20. The highest BCUT2D eigenvalue weighted by Gasteiger charge is 2.05. The molecule has 1 aromatic carbocycles. The lowest BCUT2D eigenvalue weighted by Gasteiger charge is -2.13. The number of hydrogen-bond donors (Lipinski definition) is 1. The van der Waals surface area contributed by atoms with Crippen LogP contribution in [0.15, 0.2) is 18.2 Å². The van der Waals surface area contributed by atoms with Gasteiger partial charge in [0, 0.05) is 11.1 Å². The van der Waals surface area contributed by atoms with Gasteiger partial charge in [-0.25, -0.2) is 0 Å². The molecule has 1 unspecified atom stereocenters. The Morgan fingerprint density at radius 1 is 1.42 bits per heavy atom. The molecular weight excluding hydrogens is 170 g/mol. The maximum Gasteiger partial charge on any atom is 0.0409 e. The first kappa shape index (κ1) is 9.56. The molecule has 1 rings (SSSR count). The van der Waals surface area contributed by atoms with E-state index in [1.54, 1.807) is 0 Å². The van der Waals surface area contributed by atoms with Gasteiger partial charge >= 0.3 is 0 Å². The molecule has 0 amide bonds. The number of halogens is 1. The summed E-state index contributed by atoms with van der Waals surface area (Å²) in [5, 5.41) is 3.99. The van der Waals surface area contributed by atoms with Gasteiger partial charge in [-0.2, -0.15) is 0 Å². The topological polar surface area (TPSA) is 12.0 Å². The fourth-order valence-corrected chi connectivity index (χ4v) is 1.41. The van der Waals surface area contributed by atoms with Crippen LogP contribution in [0.2, 0.25) is 5.02 Å². The first-order chi connectivity index (χ1) is 5.65. The quantitative estimate of drug-likeness (QED) is 0.744. The van der Waals surface area contributed by atoms with Crippen molar-refractivity contribution in [2.45, 2.75) is 19.9 Å². The van der Waals surface area contributed by atoms with E-state index in [1.807, 2.05) is 25.2 Å². The normalized spacial score (nSPS) is 13.0. The minimum Gasteiger partial charge on any atom is -0.313 e. The van der Waals surface area contributed by atoms with Crippen LogP contribution in [0.1, 0.15) is 24.1 Å². The van der Waals surface area contributed by atoms with E-state index in [4.69, 9.17) is 11.6 Å². The first-order valence-corrected chi connectivity index (χ1v) is 4.46. The van der Waals surface area contributed by atoms with Crippen molar-refractivity contribution < 1.29 is 0 Å². The maximum absolute atomic E-state index is 5.89. The largest absolute Gasteiger partial charge is 0.313 e. The Labute approximate surface area is 78.7 Å². The number of benzene rings is 1. The zero-order valence-electron chi connectivity index (χ0n) is 7.69. The highest BCUT2D eigenvalue weighted by molar-refractivity contribution is 6.30. The molecule has 0 saturated carbocycles. The maximum atomic E-state index is 5.89. The lowest BCUT2D eigenvalue weighted by atomic mass is 10.0. The molecule has 1 atom stereocenters. The molecule has 0 aromatic heterocycles. The molecule has 0 spiro atoms. The second-order valence-corrected chi connectivity index (χ2v) is 3.45. The predicted molar refractivity (Wildman–Crippen MR) is 53.7 cm³/mol. The molecule has 12 heavy (non-hydrogen) atoms. The lowest BCUT2D eigenvalue weighted by molar-refractivity contribution is 0.648. The zero-order valence-corrected chi connectivity index (χ0v) is 8.44. The second-order valence-electron chi connectivity index (χ2n) is 3.01. The summed E-state index contributed by atoms with van der Waals surface area (Å²) in [6, 6.07) is 6.34. The Bertz CT molecular complexity index is 271. The van der Waals surface area contributed by atoms with E-state index in [9.17, 15) is 0 Å². The minimum atomic E-state index is 0.365. The summed E-state index contributed by atoms with van der Waals surface area (Å²) in [6.07, 6.45) is 0. The van der Waals surface area contributed by atoms with Crippen LogP contribution >= 0.6 is 11.6 Å². The summed E-state index contributed by atoms with van der Waals surface area (Å²) >= 11 is 5.89. The average molecular weight is 184 g/mol. The summed E-state index contributed by atoms with van der Waals surface area (Å²) < 4.78 is 0. The molecule has 0 saturated heterocycles. The fourth-order valence-electron chi connectivity index (χ4n) is 1.23. The number of aryl methyl sites for hydroxylation is 1. The number of rotatable bonds is 2. The van der Waals surface area contributed by atoms with Gasteiger partial charge in [0.1, 0.15) is 0 Å². The number of nitrogens with one attached hydrogen (secondary N) is 1. The van der Waals surface area contributed by atoms with Crippen LogP contribution < -0.4 is 5.32 Å². The van der Waals surface area contributed by atoms with E-state index in [-0.39, 0.29) is 0 Å². The van der Waals surface area contributed by atoms with E-state index in [1.165, 1.54) is 11.1 Å². The predicted octanol–water partition coefficient (Wildman–Crippen LogP) is 2.93. The van der Waals surface area contributed by atoms with E-state index >= 15 is 0 Å². The van der Waals surface area contributed by atoms with Crippen molar-refractivity contribution in [1.29, 1.82) is 0 Å². The van der Waals surface area contributed by atoms with E-state index < -0.39 is 0 Å². The van der Waals surface area contributed by atoms with E-state index in [0.29, 0.717) is 6.04 Å². The third kappa shape index (κ3) is 1.99. The van der Waals surface area contributed by atoms with Crippen LogP contribution in [0.5, 0.6) is 0 Å². The standard InChI is InChI=1S/C10H14ClN/c1-7-4-5-9(11)6-10(7)8(2)12-3/h4-6,8,12H,1-3H3. The molecule has 0 heterocycles. The Kier molecular flexibility index (Phi) is 3.12. The van der Waals surface area contributed by atoms with Crippen molar-refractivity contribution in [3.8, 4) is 0 Å². The van der Waals surface area contributed by atoms with Crippen molar-refractivity contribution in [2.24, 2.45) is 0 Å². The number of hydrogen-bond acceptors (Lipinski definition) is 1. The smallest absolute Gasteiger partial charge is 0.0409 e. The molecule has 0 aliphatic carbocycles. The average Bonchev–Trinajstić information content (AvgIpc) is 2.08. The van der Waals surface area contributed by atoms with Gasteiger partial charge < -0.3 is 5.32 Å². The molecule has 2 heteroatoms. The lowest BCUT2D eigenvalue weighted by Crippen LogP contribution is -2.13. The second kappa shape index (κ2) is 3.92. The molecule has 0 fully saturated rings. The highest BCUT2D eigenvalue weighted by atomic mass is 35.5. The summed E-state index contributed by atoms with van der Waals surface area (Å²) in [4.78, 5) is 0. The van der Waals surface area contributed by atoms with Gasteiger partial charge in [0.25, 0.3) is 0 Å². The third-order valence-electron chi connectivity index (χ3n) is 2.14. The SMILES string of the molecule is CNC(C)c1cc(Cl)ccc1C. The van der Waals surface area contributed by atoms with Crippen LogP contribution in [0.3, 0.4) is 0 Å².